The summed E-state index contributed by atoms with van der Waals surface area (Å²) in [4.78, 5) is 37.3. The van der Waals surface area contributed by atoms with Gasteiger partial charge in [0.05, 0.1) is 18.6 Å². The number of ether oxygens (including phenoxy) is 2. The minimum absolute atomic E-state index is 0.0596. The van der Waals surface area contributed by atoms with Crippen molar-refractivity contribution in [2.24, 2.45) is 5.92 Å². The fourth-order valence-electron chi connectivity index (χ4n) is 4.93. The summed E-state index contributed by atoms with van der Waals surface area (Å²) in [6, 6.07) is 9.98. The normalized spacial score (nSPS) is 20.8. The van der Waals surface area contributed by atoms with Crippen molar-refractivity contribution in [3.8, 4) is 11.8 Å². The highest BCUT2D eigenvalue weighted by molar-refractivity contribution is 5.89. The molecule has 2 fully saturated rings. The first-order valence-electron chi connectivity index (χ1n) is 10.7. The third-order valence-electron chi connectivity index (χ3n) is 6.47. The van der Waals surface area contributed by atoms with E-state index in [0.29, 0.717) is 18.3 Å². The van der Waals surface area contributed by atoms with E-state index in [9.17, 15) is 9.59 Å². The second kappa shape index (κ2) is 9.01. The van der Waals surface area contributed by atoms with E-state index in [2.05, 4.69) is 14.9 Å². The highest BCUT2D eigenvalue weighted by atomic mass is 16.5. The van der Waals surface area contributed by atoms with Crippen LogP contribution in [0.4, 0.5) is 0 Å². The molecule has 1 aromatic heterocycles. The number of esters is 1. The van der Waals surface area contributed by atoms with E-state index in [-0.39, 0.29) is 24.2 Å². The van der Waals surface area contributed by atoms with Gasteiger partial charge in [-0.05, 0) is 43.5 Å². The molecule has 1 atom stereocenters. The van der Waals surface area contributed by atoms with Crippen molar-refractivity contribution in [1.29, 1.82) is 0 Å². The van der Waals surface area contributed by atoms with Gasteiger partial charge in [0.1, 0.15) is 5.75 Å². The topological polar surface area (TPSA) is 84.9 Å². The molecule has 1 aromatic carbocycles. The molecular formula is C23H28N4O4. The van der Waals surface area contributed by atoms with E-state index < -0.39 is 5.54 Å². The molecule has 31 heavy (non-hydrogen) atoms. The molecule has 8 heteroatoms. The van der Waals surface area contributed by atoms with Gasteiger partial charge < -0.3 is 14.4 Å². The maximum Gasteiger partial charge on any atom is 0.321 e. The molecule has 8 nitrogen and oxygen atoms in total. The minimum Gasteiger partial charge on any atom is -0.469 e. The zero-order valence-corrected chi connectivity index (χ0v) is 18.0. The average Bonchev–Trinajstić information content (AvgIpc) is 3.07. The predicted molar refractivity (Wildman–Crippen MR) is 113 cm³/mol. The number of amides is 1. The number of carbonyl (C=O) groups is 2. The van der Waals surface area contributed by atoms with Crippen molar-refractivity contribution in [3.63, 3.8) is 0 Å². The van der Waals surface area contributed by atoms with Gasteiger partial charge in [-0.25, -0.2) is 9.97 Å². The minimum atomic E-state index is -0.414. The SMILES string of the molecule is CCN1C(=O)CC(C(=O)OC)C12CCN(Cc1ccc(Oc3ncccn3)cc1)CC2. The van der Waals surface area contributed by atoms with Crippen LogP contribution in [0.1, 0.15) is 31.7 Å². The molecule has 1 amide bonds. The van der Waals surface area contributed by atoms with E-state index in [1.54, 1.807) is 18.5 Å². The lowest BCUT2D eigenvalue weighted by Crippen LogP contribution is -2.57. The molecule has 1 spiro atoms. The van der Waals surface area contributed by atoms with Crippen LogP contribution >= 0.6 is 0 Å². The van der Waals surface area contributed by atoms with Crippen molar-refractivity contribution < 1.29 is 19.1 Å². The van der Waals surface area contributed by atoms with Crippen molar-refractivity contribution >= 4 is 11.9 Å². The fraction of sp³-hybridized carbons (Fsp3) is 0.478. The molecule has 3 heterocycles. The van der Waals surface area contributed by atoms with E-state index in [1.165, 1.54) is 12.7 Å². The molecule has 0 bridgehead atoms. The largest absolute Gasteiger partial charge is 0.469 e. The summed E-state index contributed by atoms with van der Waals surface area (Å²) in [6.07, 6.45) is 5.09. The molecule has 0 saturated carbocycles. The molecule has 4 rings (SSSR count). The lowest BCUT2D eigenvalue weighted by atomic mass is 9.76. The monoisotopic (exact) mass is 424 g/mol. The van der Waals surface area contributed by atoms with Gasteiger partial charge in [-0.1, -0.05) is 12.1 Å². The summed E-state index contributed by atoms with van der Waals surface area (Å²) in [5, 5.41) is 0. The Morgan fingerprint density at radius 1 is 1.16 bits per heavy atom. The molecule has 164 valence electrons. The molecule has 2 aliphatic heterocycles. The van der Waals surface area contributed by atoms with Gasteiger partial charge in [0, 0.05) is 45.0 Å². The Hall–Kier alpha value is -3.00. The van der Waals surface area contributed by atoms with Crippen LogP contribution in [0.2, 0.25) is 0 Å². The summed E-state index contributed by atoms with van der Waals surface area (Å²) in [6.45, 7) is 5.07. The first-order chi connectivity index (χ1) is 15.1. The summed E-state index contributed by atoms with van der Waals surface area (Å²) in [5.74, 6) is 0.111. The zero-order chi connectivity index (χ0) is 21.8. The Bertz CT molecular complexity index is 909. The number of rotatable bonds is 6. The maximum absolute atomic E-state index is 12.5. The van der Waals surface area contributed by atoms with Gasteiger partial charge >= 0.3 is 12.0 Å². The van der Waals surface area contributed by atoms with E-state index >= 15 is 0 Å². The van der Waals surface area contributed by atoms with Crippen LogP contribution in [0, 0.1) is 5.92 Å². The second-order valence-electron chi connectivity index (χ2n) is 8.07. The molecule has 0 N–H and O–H groups in total. The highest BCUT2D eigenvalue weighted by Crippen LogP contribution is 2.44. The third-order valence-corrected chi connectivity index (χ3v) is 6.47. The predicted octanol–water partition coefficient (Wildman–Crippen LogP) is 2.64. The summed E-state index contributed by atoms with van der Waals surface area (Å²) < 4.78 is 10.7. The number of nitrogens with zero attached hydrogens (tertiary/aromatic N) is 4. The molecule has 0 radical (unpaired) electrons. The van der Waals surface area contributed by atoms with Gasteiger partial charge in [-0.15, -0.1) is 0 Å². The fourth-order valence-corrected chi connectivity index (χ4v) is 4.93. The van der Waals surface area contributed by atoms with Gasteiger partial charge in [-0.3, -0.25) is 14.5 Å². The van der Waals surface area contributed by atoms with Crippen LogP contribution in [0.3, 0.4) is 0 Å². The van der Waals surface area contributed by atoms with Crippen LogP contribution in [-0.4, -0.2) is 63.9 Å². The lowest BCUT2D eigenvalue weighted by Gasteiger charge is -2.46. The smallest absolute Gasteiger partial charge is 0.321 e. The van der Waals surface area contributed by atoms with Crippen molar-refractivity contribution in [2.75, 3.05) is 26.7 Å². The molecule has 2 saturated heterocycles. The van der Waals surface area contributed by atoms with Gasteiger partial charge in [-0.2, -0.15) is 0 Å². The van der Waals surface area contributed by atoms with Crippen molar-refractivity contribution in [2.45, 2.75) is 38.3 Å². The summed E-state index contributed by atoms with van der Waals surface area (Å²) in [5.41, 5.74) is 0.764. The average molecular weight is 425 g/mol. The molecular weight excluding hydrogens is 396 g/mol. The van der Waals surface area contributed by atoms with Crippen LogP contribution in [0.15, 0.2) is 42.7 Å². The number of aromatic nitrogens is 2. The van der Waals surface area contributed by atoms with Crippen molar-refractivity contribution in [1.82, 2.24) is 19.8 Å². The summed E-state index contributed by atoms with van der Waals surface area (Å²) >= 11 is 0. The molecule has 0 aliphatic carbocycles. The number of methoxy groups -OCH3 is 1. The van der Waals surface area contributed by atoms with Crippen LogP contribution in [0.5, 0.6) is 11.8 Å². The van der Waals surface area contributed by atoms with E-state index in [4.69, 9.17) is 9.47 Å². The number of likely N-dealkylation sites (tertiary alicyclic amines) is 2. The molecule has 1 unspecified atom stereocenters. The number of hydrogen-bond acceptors (Lipinski definition) is 7. The van der Waals surface area contributed by atoms with Gasteiger partial charge in [0.15, 0.2) is 0 Å². The van der Waals surface area contributed by atoms with E-state index in [0.717, 1.165) is 32.5 Å². The van der Waals surface area contributed by atoms with Crippen LogP contribution in [0.25, 0.3) is 0 Å². The van der Waals surface area contributed by atoms with E-state index in [1.807, 2.05) is 36.1 Å². The Morgan fingerprint density at radius 2 is 1.84 bits per heavy atom. The van der Waals surface area contributed by atoms with Gasteiger partial charge in [0.25, 0.3) is 0 Å². The Balaban J connectivity index is 1.38. The first kappa shape index (κ1) is 21.2. The first-order valence-corrected chi connectivity index (χ1v) is 10.7. The van der Waals surface area contributed by atoms with Crippen LogP contribution < -0.4 is 4.74 Å². The Kier molecular flexibility index (Phi) is 6.18. The number of carbonyl (C=O) groups excluding carboxylic acids is 2. The number of piperidine rings is 1. The third kappa shape index (κ3) is 4.25. The molecule has 2 aromatic rings. The lowest BCUT2D eigenvalue weighted by molar-refractivity contribution is -0.150. The second-order valence-corrected chi connectivity index (χ2v) is 8.07. The van der Waals surface area contributed by atoms with Crippen LogP contribution in [-0.2, 0) is 20.9 Å². The number of hydrogen-bond donors (Lipinski definition) is 0. The molecule has 2 aliphatic rings. The zero-order valence-electron chi connectivity index (χ0n) is 18.0. The highest BCUT2D eigenvalue weighted by Gasteiger charge is 2.56. The summed E-state index contributed by atoms with van der Waals surface area (Å²) in [7, 11) is 1.40. The Morgan fingerprint density at radius 3 is 2.45 bits per heavy atom. The van der Waals surface area contributed by atoms with Crippen molar-refractivity contribution in [3.05, 3.63) is 48.3 Å². The quantitative estimate of drug-likeness (QED) is 0.659. The Labute approximate surface area is 182 Å². The standard InChI is InChI=1S/C23H28N4O4/c1-3-27-20(28)15-19(21(29)30-2)23(27)9-13-26(14-10-23)16-17-5-7-18(8-6-17)31-22-24-11-4-12-25-22/h4-8,11-12,19H,3,9-10,13-16H2,1-2H3. The van der Waals surface area contributed by atoms with Gasteiger partial charge in [0.2, 0.25) is 5.91 Å². The maximum atomic E-state index is 12.5. The number of benzene rings is 1.